The molecule has 2 N–H and O–H groups in total. The van der Waals surface area contributed by atoms with Crippen molar-refractivity contribution in [2.24, 2.45) is 0 Å². The number of hydrogen-bond acceptors (Lipinski definition) is 3. The summed E-state index contributed by atoms with van der Waals surface area (Å²) in [4.78, 5) is 23.5. The number of alkyl halides is 3. The summed E-state index contributed by atoms with van der Waals surface area (Å²) in [7, 11) is 0. The highest BCUT2D eigenvalue weighted by atomic mass is 19.4. The maximum Gasteiger partial charge on any atom is 0.389 e. The minimum absolute atomic E-state index is 0.0849. The Morgan fingerprint density at radius 3 is 2.39 bits per heavy atom. The van der Waals surface area contributed by atoms with Crippen molar-refractivity contribution in [3.63, 3.8) is 0 Å². The molecule has 18 heavy (non-hydrogen) atoms. The molecular weight excluding hydrogens is 260 g/mol. The lowest BCUT2D eigenvalue weighted by atomic mass is 10.2. The van der Waals surface area contributed by atoms with Crippen LogP contribution < -0.4 is 11.2 Å². The summed E-state index contributed by atoms with van der Waals surface area (Å²) in [6.07, 6.45) is -5.69. The Kier molecular flexibility index (Phi) is 4.15. The van der Waals surface area contributed by atoms with Crippen LogP contribution in [0.2, 0.25) is 0 Å². The summed E-state index contributed by atoms with van der Waals surface area (Å²) < 4.78 is 48.9. The van der Waals surface area contributed by atoms with Crippen molar-refractivity contribution in [2.75, 3.05) is 0 Å². The van der Waals surface area contributed by atoms with Gasteiger partial charge >= 0.3 is 11.9 Å². The van der Waals surface area contributed by atoms with Crippen molar-refractivity contribution in [1.29, 1.82) is 0 Å². The van der Waals surface area contributed by atoms with E-state index in [2.05, 4.69) is 0 Å². The fourth-order valence-corrected chi connectivity index (χ4v) is 1.34. The van der Waals surface area contributed by atoms with Crippen LogP contribution in [-0.2, 0) is 6.54 Å². The molecule has 1 heterocycles. The highest BCUT2D eigenvalue weighted by Crippen LogP contribution is 2.22. The van der Waals surface area contributed by atoms with Gasteiger partial charge in [0, 0.05) is 13.0 Å². The molecule has 0 aliphatic rings. The van der Waals surface area contributed by atoms with Crippen LogP contribution in [0.5, 0.6) is 5.88 Å². The maximum atomic E-state index is 12.9. The van der Waals surface area contributed by atoms with Crippen molar-refractivity contribution in [1.82, 2.24) is 9.55 Å². The zero-order valence-electron chi connectivity index (χ0n) is 9.05. The topological polar surface area (TPSA) is 75.1 Å². The number of aromatic amines is 1. The largest absolute Gasteiger partial charge is 0.492 e. The molecule has 0 aromatic carbocycles. The molecule has 0 aliphatic carbocycles. The van der Waals surface area contributed by atoms with Crippen LogP contribution in [0.4, 0.5) is 17.6 Å². The van der Waals surface area contributed by atoms with Gasteiger partial charge in [-0.15, -0.1) is 0 Å². The minimum atomic E-state index is -4.30. The average Bonchev–Trinajstić information content (AvgIpc) is 2.23. The minimum Gasteiger partial charge on any atom is -0.492 e. The van der Waals surface area contributed by atoms with E-state index in [0.29, 0.717) is 4.57 Å². The molecule has 0 spiro atoms. The Labute approximate surface area is 97.7 Å². The monoisotopic (exact) mass is 270 g/mol. The van der Waals surface area contributed by atoms with Crippen molar-refractivity contribution in [2.45, 2.75) is 32.0 Å². The van der Waals surface area contributed by atoms with E-state index in [4.69, 9.17) is 5.11 Å². The van der Waals surface area contributed by atoms with Gasteiger partial charge in [-0.25, -0.2) is 4.79 Å². The molecule has 0 unspecified atom stereocenters. The van der Waals surface area contributed by atoms with Gasteiger partial charge in [0.05, 0.1) is 0 Å². The van der Waals surface area contributed by atoms with E-state index >= 15 is 0 Å². The molecule has 0 saturated heterocycles. The number of hydrogen-bond donors (Lipinski definition) is 2. The van der Waals surface area contributed by atoms with Crippen LogP contribution in [0.25, 0.3) is 0 Å². The summed E-state index contributed by atoms with van der Waals surface area (Å²) in [5.74, 6) is -2.71. The third-order valence-corrected chi connectivity index (χ3v) is 2.21. The molecule has 1 aromatic rings. The predicted molar refractivity (Wildman–Crippen MR) is 52.9 cm³/mol. The standard InChI is InChI=1S/C9H10F4N2O3/c10-5-6(16)14-8(18)15(7(5)17)4-2-1-3-9(11,12)13/h17H,1-4H2,(H,14,16,18). The maximum absolute atomic E-state index is 12.9. The summed E-state index contributed by atoms with van der Waals surface area (Å²) in [5.41, 5.74) is -2.44. The second kappa shape index (κ2) is 5.23. The summed E-state index contributed by atoms with van der Waals surface area (Å²) in [6, 6.07) is 0. The number of unbranched alkanes of at least 4 members (excludes halogenated alkanes) is 1. The number of H-pyrrole nitrogens is 1. The third kappa shape index (κ3) is 3.60. The number of aromatic nitrogens is 2. The molecule has 0 saturated carbocycles. The number of halogens is 4. The molecule has 5 nitrogen and oxygen atoms in total. The molecule has 0 radical (unpaired) electrons. The van der Waals surface area contributed by atoms with Crippen molar-refractivity contribution in [3.05, 3.63) is 26.7 Å². The molecule has 0 fully saturated rings. The van der Waals surface area contributed by atoms with E-state index < -0.39 is 35.5 Å². The molecule has 1 aromatic heterocycles. The van der Waals surface area contributed by atoms with Gasteiger partial charge in [-0.05, 0) is 12.8 Å². The molecule has 0 amide bonds. The second-order valence-corrected chi connectivity index (χ2v) is 3.62. The van der Waals surface area contributed by atoms with E-state index in [1.165, 1.54) is 0 Å². The quantitative estimate of drug-likeness (QED) is 0.635. The Morgan fingerprint density at radius 1 is 1.22 bits per heavy atom. The summed E-state index contributed by atoms with van der Waals surface area (Å²) in [5, 5.41) is 9.16. The van der Waals surface area contributed by atoms with Crippen LogP contribution in [0.1, 0.15) is 19.3 Å². The highest BCUT2D eigenvalue weighted by molar-refractivity contribution is 5.09. The van der Waals surface area contributed by atoms with E-state index in [0.717, 1.165) is 0 Å². The van der Waals surface area contributed by atoms with Gasteiger partial charge in [0.1, 0.15) is 0 Å². The van der Waals surface area contributed by atoms with E-state index in [9.17, 15) is 27.2 Å². The first-order valence-electron chi connectivity index (χ1n) is 5.00. The molecule has 102 valence electrons. The third-order valence-electron chi connectivity index (χ3n) is 2.21. The fourth-order valence-electron chi connectivity index (χ4n) is 1.34. The van der Waals surface area contributed by atoms with Gasteiger partial charge in [0.15, 0.2) is 0 Å². The van der Waals surface area contributed by atoms with Crippen LogP contribution in [0.15, 0.2) is 9.59 Å². The molecular formula is C9H10F4N2O3. The Morgan fingerprint density at radius 2 is 1.83 bits per heavy atom. The highest BCUT2D eigenvalue weighted by Gasteiger charge is 2.26. The lowest BCUT2D eigenvalue weighted by molar-refractivity contribution is -0.135. The lowest BCUT2D eigenvalue weighted by Crippen LogP contribution is -2.32. The van der Waals surface area contributed by atoms with Gasteiger partial charge in [-0.1, -0.05) is 0 Å². The second-order valence-electron chi connectivity index (χ2n) is 3.62. The SMILES string of the molecule is O=c1[nH]c(=O)n(CCCCC(F)(F)F)c(O)c1F. The first kappa shape index (κ1) is 14.3. The number of rotatable bonds is 4. The van der Waals surface area contributed by atoms with Crippen molar-refractivity contribution >= 4 is 0 Å². The molecule has 0 aliphatic heterocycles. The molecule has 0 atom stereocenters. The number of nitrogens with one attached hydrogen (secondary N) is 1. The summed E-state index contributed by atoms with van der Waals surface area (Å²) in [6.45, 7) is -0.311. The molecule has 0 bridgehead atoms. The lowest BCUT2D eigenvalue weighted by Gasteiger charge is -2.09. The number of aromatic hydroxyl groups is 1. The first-order valence-corrected chi connectivity index (χ1v) is 5.00. The summed E-state index contributed by atoms with van der Waals surface area (Å²) >= 11 is 0. The van der Waals surface area contributed by atoms with Gasteiger partial charge in [-0.3, -0.25) is 14.3 Å². The van der Waals surface area contributed by atoms with Crippen molar-refractivity contribution < 1.29 is 22.7 Å². The van der Waals surface area contributed by atoms with E-state index in [-0.39, 0.29) is 19.4 Å². The van der Waals surface area contributed by atoms with Crippen LogP contribution >= 0.6 is 0 Å². The smallest absolute Gasteiger partial charge is 0.389 e. The zero-order valence-corrected chi connectivity index (χ0v) is 9.05. The predicted octanol–water partition coefficient (Wildman–Crippen LogP) is 1.11. The van der Waals surface area contributed by atoms with Gasteiger partial charge in [0.2, 0.25) is 11.7 Å². The first-order chi connectivity index (χ1) is 8.22. The molecule has 1 rings (SSSR count). The Balaban J connectivity index is 2.72. The van der Waals surface area contributed by atoms with E-state index in [1.807, 2.05) is 0 Å². The Bertz CT molecular complexity index is 532. The number of nitrogens with zero attached hydrogens (tertiary/aromatic N) is 1. The van der Waals surface area contributed by atoms with Gasteiger partial charge in [-0.2, -0.15) is 17.6 Å². The molecule has 9 heteroatoms. The average molecular weight is 270 g/mol. The normalized spacial score (nSPS) is 11.8. The van der Waals surface area contributed by atoms with E-state index in [1.54, 1.807) is 4.98 Å². The van der Waals surface area contributed by atoms with Crippen LogP contribution in [0.3, 0.4) is 0 Å². The van der Waals surface area contributed by atoms with Crippen LogP contribution in [-0.4, -0.2) is 20.8 Å². The Hall–Kier alpha value is -1.80. The van der Waals surface area contributed by atoms with Crippen molar-refractivity contribution in [3.8, 4) is 5.88 Å². The van der Waals surface area contributed by atoms with Crippen LogP contribution in [0, 0.1) is 5.82 Å². The van der Waals surface area contributed by atoms with Gasteiger partial charge in [0.25, 0.3) is 5.56 Å². The zero-order chi connectivity index (χ0) is 13.9. The van der Waals surface area contributed by atoms with Gasteiger partial charge < -0.3 is 5.11 Å². The fraction of sp³-hybridized carbons (Fsp3) is 0.556.